The normalized spacial score (nSPS) is 20.2. The van der Waals surface area contributed by atoms with Crippen LogP contribution in [0, 0.1) is 0 Å². The van der Waals surface area contributed by atoms with Crippen LogP contribution in [0.3, 0.4) is 0 Å². The number of nitrogens with zero attached hydrogens (tertiary/aromatic N) is 3. The number of benzene rings is 1. The number of rotatable bonds is 1. The van der Waals surface area contributed by atoms with E-state index in [1.165, 1.54) is 18.2 Å². The van der Waals surface area contributed by atoms with E-state index in [4.69, 9.17) is 1.37 Å². The second kappa shape index (κ2) is 4.27. The van der Waals surface area contributed by atoms with Gasteiger partial charge in [0.2, 0.25) is 5.91 Å². The predicted molar refractivity (Wildman–Crippen MR) is 65.2 cm³/mol. The van der Waals surface area contributed by atoms with Crippen molar-refractivity contribution in [1.82, 2.24) is 20.3 Å². The van der Waals surface area contributed by atoms with E-state index >= 15 is 0 Å². The Morgan fingerprint density at radius 2 is 2.21 bits per heavy atom. The van der Waals surface area contributed by atoms with E-state index < -0.39 is 17.5 Å². The van der Waals surface area contributed by atoms with Gasteiger partial charge in [-0.1, -0.05) is 17.3 Å². The van der Waals surface area contributed by atoms with Crippen LogP contribution < -0.4 is 10.9 Å². The number of amides is 2. The molecule has 7 heteroatoms. The Morgan fingerprint density at radius 3 is 3.00 bits per heavy atom. The van der Waals surface area contributed by atoms with E-state index in [2.05, 4.69) is 15.6 Å². The van der Waals surface area contributed by atoms with Crippen LogP contribution in [0.15, 0.2) is 29.0 Å². The largest absolute Gasteiger partial charge is 0.295 e. The van der Waals surface area contributed by atoms with E-state index in [1.54, 1.807) is 0 Å². The molecule has 1 aromatic heterocycles. The molecule has 0 bridgehead atoms. The average molecular weight is 259 g/mol. The van der Waals surface area contributed by atoms with Gasteiger partial charge in [-0.2, -0.15) is 4.68 Å². The highest BCUT2D eigenvalue weighted by atomic mass is 16.2. The van der Waals surface area contributed by atoms with Gasteiger partial charge in [-0.05, 0) is 18.6 Å². The predicted octanol–water partition coefficient (Wildman–Crippen LogP) is -0.231. The number of piperidine rings is 1. The molecule has 2 amide bonds. The first kappa shape index (κ1) is 10.4. The molecule has 2 heterocycles. The topological polar surface area (TPSA) is 93.9 Å². The fourth-order valence-electron chi connectivity index (χ4n) is 2.06. The Hall–Kier alpha value is -2.57. The number of aromatic nitrogens is 3. The van der Waals surface area contributed by atoms with Gasteiger partial charge in [0.15, 0.2) is 0 Å². The number of hydrogen-bond acceptors (Lipinski definition) is 5. The third kappa shape index (κ3) is 1.88. The smallest absolute Gasteiger partial charge is 0.278 e. The Kier molecular flexibility index (Phi) is 2.33. The van der Waals surface area contributed by atoms with Gasteiger partial charge in [0.25, 0.3) is 11.5 Å². The number of fused-ring (bicyclic) bond motifs is 1. The van der Waals surface area contributed by atoms with Gasteiger partial charge < -0.3 is 0 Å². The monoisotopic (exact) mass is 259 g/mol. The van der Waals surface area contributed by atoms with Gasteiger partial charge in [-0.3, -0.25) is 19.7 Å². The third-order valence-electron chi connectivity index (χ3n) is 3.03. The van der Waals surface area contributed by atoms with Gasteiger partial charge >= 0.3 is 0 Å². The van der Waals surface area contributed by atoms with Crippen LogP contribution in [0.1, 0.15) is 20.3 Å². The lowest BCUT2D eigenvalue weighted by Gasteiger charge is -2.21. The summed E-state index contributed by atoms with van der Waals surface area (Å²) in [5.74, 6) is -0.916. The SMILES string of the molecule is [2H]c1ccc2nnn(C3CCC(=O)NC3=O)c(=O)c2c1. The molecule has 96 valence electrons. The van der Waals surface area contributed by atoms with Crippen molar-refractivity contribution in [2.45, 2.75) is 18.9 Å². The van der Waals surface area contributed by atoms with Crippen molar-refractivity contribution in [2.75, 3.05) is 0 Å². The van der Waals surface area contributed by atoms with Gasteiger partial charge in [0.05, 0.1) is 6.76 Å². The third-order valence-corrected chi connectivity index (χ3v) is 3.03. The van der Waals surface area contributed by atoms with Crippen LogP contribution in [-0.2, 0) is 9.59 Å². The highest BCUT2D eigenvalue weighted by Crippen LogP contribution is 2.16. The molecule has 1 atom stereocenters. The summed E-state index contributed by atoms with van der Waals surface area (Å²) in [7, 11) is 0. The highest BCUT2D eigenvalue weighted by Gasteiger charge is 2.30. The minimum absolute atomic E-state index is 0.154. The maximum Gasteiger partial charge on any atom is 0.278 e. The first-order chi connectivity index (χ1) is 9.56. The Bertz CT molecular complexity index is 786. The molecule has 1 unspecified atom stereocenters. The fraction of sp³-hybridized carbons (Fsp3) is 0.250. The molecule has 1 saturated heterocycles. The summed E-state index contributed by atoms with van der Waals surface area (Å²) in [6.45, 7) is 0. The first-order valence-electron chi connectivity index (χ1n) is 6.26. The molecule has 1 fully saturated rings. The van der Waals surface area contributed by atoms with E-state index in [0.29, 0.717) is 5.52 Å². The minimum Gasteiger partial charge on any atom is -0.295 e. The first-order valence-corrected chi connectivity index (χ1v) is 5.76. The molecule has 7 nitrogen and oxygen atoms in total. The molecule has 1 N–H and O–H groups in total. The molecule has 1 aromatic carbocycles. The van der Waals surface area contributed by atoms with Crippen LogP contribution in [0.2, 0.25) is 0 Å². The molecule has 2 aromatic rings. The summed E-state index contributed by atoms with van der Waals surface area (Å²) in [5.41, 5.74) is -0.117. The van der Waals surface area contributed by atoms with Crippen LogP contribution >= 0.6 is 0 Å². The maximum atomic E-state index is 12.3. The minimum atomic E-state index is -0.841. The Morgan fingerprint density at radius 1 is 1.37 bits per heavy atom. The van der Waals surface area contributed by atoms with Crippen molar-refractivity contribution in [3.8, 4) is 0 Å². The molecular formula is C12H10N4O3. The maximum absolute atomic E-state index is 12.3. The number of carbonyl (C=O) groups is 2. The van der Waals surface area contributed by atoms with Gasteiger partial charge in [0, 0.05) is 6.42 Å². The molecule has 0 saturated carbocycles. The van der Waals surface area contributed by atoms with Gasteiger partial charge in [-0.25, -0.2) is 0 Å². The van der Waals surface area contributed by atoms with Crippen LogP contribution in [0.5, 0.6) is 0 Å². The van der Waals surface area contributed by atoms with Crippen molar-refractivity contribution in [2.24, 2.45) is 0 Å². The fourth-order valence-corrected chi connectivity index (χ4v) is 2.06. The lowest BCUT2D eigenvalue weighted by molar-refractivity contribution is -0.136. The highest BCUT2D eigenvalue weighted by molar-refractivity contribution is 5.99. The van der Waals surface area contributed by atoms with Crippen molar-refractivity contribution < 1.29 is 11.0 Å². The lowest BCUT2D eigenvalue weighted by Crippen LogP contribution is -2.45. The molecule has 1 aliphatic heterocycles. The summed E-state index contributed by atoms with van der Waals surface area (Å²) < 4.78 is 8.51. The zero-order valence-corrected chi connectivity index (χ0v) is 9.79. The molecule has 1 aliphatic rings. The second-order valence-electron chi connectivity index (χ2n) is 4.25. The van der Waals surface area contributed by atoms with Crippen molar-refractivity contribution >= 4 is 22.7 Å². The Labute approximate surface area is 108 Å². The van der Waals surface area contributed by atoms with Crippen LogP contribution in [0.4, 0.5) is 0 Å². The van der Waals surface area contributed by atoms with Crippen molar-refractivity contribution in [3.05, 3.63) is 34.6 Å². The number of carbonyl (C=O) groups excluding carboxylic acids is 2. The zero-order valence-electron chi connectivity index (χ0n) is 10.8. The number of imide groups is 1. The van der Waals surface area contributed by atoms with E-state index in [-0.39, 0.29) is 30.2 Å². The van der Waals surface area contributed by atoms with Crippen LogP contribution in [-0.4, -0.2) is 26.8 Å². The van der Waals surface area contributed by atoms with Crippen LogP contribution in [0.25, 0.3) is 10.9 Å². The van der Waals surface area contributed by atoms with Gasteiger partial charge in [-0.15, -0.1) is 5.10 Å². The zero-order chi connectivity index (χ0) is 14.3. The molecule has 3 rings (SSSR count). The van der Waals surface area contributed by atoms with Crippen molar-refractivity contribution in [1.29, 1.82) is 0 Å². The summed E-state index contributed by atoms with van der Waals surface area (Å²) >= 11 is 0. The van der Waals surface area contributed by atoms with Crippen molar-refractivity contribution in [3.63, 3.8) is 0 Å². The summed E-state index contributed by atoms with van der Waals surface area (Å²) in [6, 6.07) is 3.76. The summed E-state index contributed by atoms with van der Waals surface area (Å²) in [4.78, 5) is 35.2. The number of nitrogens with one attached hydrogen (secondary N) is 1. The molecular weight excluding hydrogens is 248 g/mol. The molecule has 0 aliphatic carbocycles. The number of hydrogen-bond donors (Lipinski definition) is 1. The molecule has 19 heavy (non-hydrogen) atoms. The second-order valence-corrected chi connectivity index (χ2v) is 4.25. The Balaban J connectivity index is 2.13. The quantitative estimate of drug-likeness (QED) is 0.714. The summed E-state index contributed by atoms with van der Waals surface area (Å²) in [6.07, 6.45) is 0.367. The standard InChI is InChI=1S/C12H10N4O3/c17-10-6-5-9(11(18)13-10)16-12(19)7-3-1-2-4-8(7)14-15-16/h1-4,9H,5-6H2,(H,13,17,18)/i1D. The molecule has 0 spiro atoms. The van der Waals surface area contributed by atoms with E-state index in [0.717, 1.165) is 4.68 Å². The average Bonchev–Trinajstić information content (AvgIpc) is 2.41. The van der Waals surface area contributed by atoms with Gasteiger partial charge in [0.1, 0.15) is 11.6 Å². The molecule has 0 radical (unpaired) electrons. The summed E-state index contributed by atoms with van der Waals surface area (Å²) in [5, 5.41) is 10.0. The van der Waals surface area contributed by atoms with E-state index in [1.807, 2.05) is 0 Å². The van der Waals surface area contributed by atoms with E-state index in [9.17, 15) is 14.4 Å². The lowest BCUT2D eigenvalue weighted by atomic mass is 10.1.